The molecule has 0 saturated heterocycles. The Morgan fingerprint density at radius 1 is 1.22 bits per heavy atom. The fourth-order valence-corrected chi connectivity index (χ4v) is 4.44. The van der Waals surface area contributed by atoms with Gasteiger partial charge in [0.05, 0.1) is 24.3 Å². The van der Waals surface area contributed by atoms with Crippen molar-refractivity contribution < 1.29 is 14.3 Å². The molecule has 0 bridgehead atoms. The summed E-state index contributed by atoms with van der Waals surface area (Å²) < 4.78 is 11.5. The predicted octanol–water partition coefficient (Wildman–Crippen LogP) is 4.67. The van der Waals surface area contributed by atoms with Crippen LogP contribution in [-0.4, -0.2) is 35.7 Å². The molecule has 1 aliphatic rings. The number of carbonyl (C=O) groups is 1. The van der Waals surface area contributed by atoms with Crippen molar-refractivity contribution in [3.8, 4) is 17.1 Å². The van der Waals surface area contributed by atoms with Crippen LogP contribution in [0.4, 0.5) is 5.82 Å². The normalized spacial score (nSPS) is 17.1. The molecule has 0 unspecified atom stereocenters. The number of primary amides is 1. The van der Waals surface area contributed by atoms with E-state index in [0.717, 1.165) is 12.0 Å². The Balaban J connectivity index is 1.79. The van der Waals surface area contributed by atoms with Crippen molar-refractivity contribution in [1.29, 1.82) is 0 Å². The second-order valence-electron chi connectivity index (χ2n) is 7.29. The van der Waals surface area contributed by atoms with E-state index in [0.29, 0.717) is 28.0 Å². The Kier molecular flexibility index (Phi) is 6.50. The number of rotatable bonds is 7. The van der Waals surface area contributed by atoms with Crippen LogP contribution in [0.15, 0.2) is 42.5 Å². The van der Waals surface area contributed by atoms with Crippen LogP contribution in [-0.2, 0) is 11.2 Å². The van der Waals surface area contributed by atoms with Crippen molar-refractivity contribution >= 4 is 34.9 Å². The maximum atomic E-state index is 12.3. The standard InChI is InChI=1S/C23H22Cl2N4O3/c1-3-32-17-10-12-6-4-5-7-14(12)18(17)27-22-23(31-2)29-19(20(28-22)21(26)30)15-9-8-13(24)11-16(15)25/h4-9,11,17-18H,3,10H2,1-2H3,(H2,26,30)(H,27,28)/t17-,18+/m0/s1. The Bertz CT molecular complexity index is 1170. The van der Waals surface area contributed by atoms with Gasteiger partial charge in [0.15, 0.2) is 11.5 Å². The average molecular weight is 473 g/mol. The molecule has 0 aliphatic heterocycles. The third kappa shape index (κ3) is 4.24. The van der Waals surface area contributed by atoms with Crippen LogP contribution in [0.5, 0.6) is 5.88 Å². The average Bonchev–Trinajstić information content (AvgIpc) is 3.11. The number of carbonyl (C=O) groups excluding carboxylic acids is 1. The number of nitrogens with one attached hydrogen (secondary N) is 1. The summed E-state index contributed by atoms with van der Waals surface area (Å²) in [5.41, 5.74) is 8.59. The highest BCUT2D eigenvalue weighted by atomic mass is 35.5. The van der Waals surface area contributed by atoms with Crippen molar-refractivity contribution in [2.45, 2.75) is 25.5 Å². The number of halogens is 2. The molecule has 1 aliphatic carbocycles. The smallest absolute Gasteiger partial charge is 0.269 e. The number of nitrogens with two attached hydrogens (primary N) is 1. The minimum Gasteiger partial charge on any atom is -0.478 e. The van der Waals surface area contributed by atoms with Crippen LogP contribution in [0.2, 0.25) is 10.0 Å². The molecule has 1 amide bonds. The van der Waals surface area contributed by atoms with E-state index in [1.165, 1.54) is 12.7 Å². The van der Waals surface area contributed by atoms with Crippen LogP contribution in [0.1, 0.15) is 34.6 Å². The Labute approximate surface area is 195 Å². The number of benzene rings is 2. The van der Waals surface area contributed by atoms with Gasteiger partial charge in [-0.3, -0.25) is 4.79 Å². The van der Waals surface area contributed by atoms with Gasteiger partial charge >= 0.3 is 0 Å². The molecule has 3 N–H and O–H groups in total. The van der Waals surface area contributed by atoms with Crippen molar-refractivity contribution in [1.82, 2.24) is 9.97 Å². The van der Waals surface area contributed by atoms with E-state index in [-0.39, 0.29) is 29.4 Å². The van der Waals surface area contributed by atoms with E-state index < -0.39 is 5.91 Å². The topological polar surface area (TPSA) is 99.4 Å². The minimum absolute atomic E-state index is 0.0308. The number of fused-ring (bicyclic) bond motifs is 1. The lowest BCUT2D eigenvalue weighted by Crippen LogP contribution is -2.26. The van der Waals surface area contributed by atoms with E-state index in [1.54, 1.807) is 18.2 Å². The Hall–Kier alpha value is -2.87. The molecule has 32 heavy (non-hydrogen) atoms. The van der Waals surface area contributed by atoms with Crippen LogP contribution in [0.3, 0.4) is 0 Å². The SMILES string of the molecule is CCO[C@H]1Cc2ccccc2[C@H]1Nc1nc(C(N)=O)c(-c2ccc(Cl)cc2Cl)nc1OC. The molecule has 0 radical (unpaired) electrons. The molecule has 0 spiro atoms. The quantitative estimate of drug-likeness (QED) is 0.518. The van der Waals surface area contributed by atoms with E-state index in [4.69, 9.17) is 38.4 Å². The number of hydrogen-bond acceptors (Lipinski definition) is 6. The van der Waals surface area contributed by atoms with Crippen LogP contribution >= 0.6 is 23.2 Å². The largest absolute Gasteiger partial charge is 0.478 e. The van der Waals surface area contributed by atoms with Gasteiger partial charge in [0.2, 0.25) is 0 Å². The fraction of sp³-hybridized carbons (Fsp3) is 0.261. The van der Waals surface area contributed by atoms with Crippen molar-refractivity contribution in [2.24, 2.45) is 5.73 Å². The van der Waals surface area contributed by atoms with Crippen LogP contribution < -0.4 is 15.8 Å². The minimum atomic E-state index is -0.739. The maximum absolute atomic E-state index is 12.3. The van der Waals surface area contributed by atoms with Crippen LogP contribution in [0, 0.1) is 0 Å². The van der Waals surface area contributed by atoms with E-state index >= 15 is 0 Å². The van der Waals surface area contributed by atoms with Gasteiger partial charge < -0.3 is 20.5 Å². The third-order valence-corrected chi connectivity index (χ3v) is 5.88. The van der Waals surface area contributed by atoms with Gasteiger partial charge in [-0.1, -0.05) is 47.5 Å². The molecule has 1 heterocycles. The Morgan fingerprint density at radius 2 is 2.00 bits per heavy atom. The predicted molar refractivity (Wildman–Crippen MR) is 124 cm³/mol. The van der Waals surface area contributed by atoms with Crippen LogP contribution in [0.25, 0.3) is 11.3 Å². The summed E-state index contributed by atoms with van der Waals surface area (Å²) in [6, 6.07) is 12.8. The number of anilines is 1. The highest BCUT2D eigenvalue weighted by molar-refractivity contribution is 6.36. The van der Waals surface area contributed by atoms with Gasteiger partial charge in [-0.05, 0) is 36.2 Å². The van der Waals surface area contributed by atoms with Gasteiger partial charge in [-0.25, -0.2) is 9.97 Å². The zero-order valence-electron chi connectivity index (χ0n) is 17.6. The first-order valence-corrected chi connectivity index (χ1v) is 10.9. The molecule has 1 aromatic heterocycles. The molecule has 7 nitrogen and oxygen atoms in total. The van der Waals surface area contributed by atoms with E-state index in [1.807, 2.05) is 25.1 Å². The lowest BCUT2D eigenvalue weighted by atomic mass is 10.1. The first-order chi connectivity index (χ1) is 15.4. The second kappa shape index (κ2) is 9.32. The molecule has 0 saturated carbocycles. The fourth-order valence-electron chi connectivity index (χ4n) is 3.94. The molecule has 2 aromatic carbocycles. The number of hydrogen-bond donors (Lipinski definition) is 2. The summed E-state index contributed by atoms with van der Waals surface area (Å²) in [7, 11) is 1.48. The van der Waals surface area contributed by atoms with Gasteiger partial charge in [0, 0.05) is 23.6 Å². The molecular weight excluding hydrogens is 451 g/mol. The number of ether oxygens (including phenoxy) is 2. The van der Waals surface area contributed by atoms with Crippen molar-refractivity contribution in [3.05, 3.63) is 69.3 Å². The zero-order valence-corrected chi connectivity index (χ0v) is 19.1. The molecule has 3 aromatic rings. The zero-order chi connectivity index (χ0) is 22.8. The highest BCUT2D eigenvalue weighted by Gasteiger charge is 2.34. The molecule has 9 heteroatoms. The summed E-state index contributed by atoms with van der Waals surface area (Å²) in [6.45, 7) is 2.52. The number of amides is 1. The Morgan fingerprint density at radius 3 is 2.69 bits per heavy atom. The van der Waals surface area contributed by atoms with Gasteiger partial charge in [-0.2, -0.15) is 0 Å². The third-order valence-electron chi connectivity index (χ3n) is 5.33. The highest BCUT2D eigenvalue weighted by Crippen LogP contribution is 2.39. The molecule has 0 fully saturated rings. The molecule has 4 rings (SSSR count). The van der Waals surface area contributed by atoms with Crippen molar-refractivity contribution in [3.63, 3.8) is 0 Å². The first-order valence-electron chi connectivity index (χ1n) is 10.1. The lowest BCUT2D eigenvalue weighted by Gasteiger charge is -2.23. The number of nitrogens with zero attached hydrogens (tertiary/aromatic N) is 2. The first kappa shape index (κ1) is 22.3. The number of aromatic nitrogens is 2. The lowest BCUT2D eigenvalue weighted by molar-refractivity contribution is 0.0573. The summed E-state index contributed by atoms with van der Waals surface area (Å²) in [4.78, 5) is 21.3. The maximum Gasteiger partial charge on any atom is 0.269 e. The van der Waals surface area contributed by atoms with Gasteiger partial charge in [0.25, 0.3) is 11.8 Å². The number of methoxy groups -OCH3 is 1. The summed E-state index contributed by atoms with van der Waals surface area (Å²) in [5, 5.41) is 4.14. The van der Waals surface area contributed by atoms with E-state index in [9.17, 15) is 4.79 Å². The molecule has 2 atom stereocenters. The summed E-state index contributed by atoms with van der Waals surface area (Å²) in [5.74, 6) is -0.241. The van der Waals surface area contributed by atoms with E-state index in [2.05, 4.69) is 21.4 Å². The van der Waals surface area contributed by atoms with Gasteiger partial charge in [-0.15, -0.1) is 0 Å². The molecule has 166 valence electrons. The van der Waals surface area contributed by atoms with Gasteiger partial charge in [0.1, 0.15) is 5.69 Å². The second-order valence-corrected chi connectivity index (χ2v) is 8.13. The monoisotopic (exact) mass is 472 g/mol. The summed E-state index contributed by atoms with van der Waals surface area (Å²) in [6.07, 6.45) is 0.657. The summed E-state index contributed by atoms with van der Waals surface area (Å²) >= 11 is 12.4. The molecular formula is C23H22Cl2N4O3. The van der Waals surface area contributed by atoms with Crippen molar-refractivity contribution in [2.75, 3.05) is 19.0 Å².